The van der Waals surface area contributed by atoms with E-state index in [4.69, 9.17) is 8.83 Å². The van der Waals surface area contributed by atoms with E-state index >= 15 is 0 Å². The number of aromatic nitrogens is 3. The fourth-order valence-electron chi connectivity index (χ4n) is 2.42. The van der Waals surface area contributed by atoms with E-state index in [1.165, 1.54) is 24.5 Å². The molecule has 0 radical (unpaired) electrons. The van der Waals surface area contributed by atoms with Crippen molar-refractivity contribution in [2.45, 2.75) is 0 Å². The summed E-state index contributed by atoms with van der Waals surface area (Å²) in [5, 5.41) is 21.3. The third-order valence-corrected chi connectivity index (χ3v) is 3.68. The summed E-state index contributed by atoms with van der Waals surface area (Å²) >= 11 is 0. The van der Waals surface area contributed by atoms with Gasteiger partial charge in [0.2, 0.25) is 11.6 Å². The Labute approximate surface area is 157 Å². The summed E-state index contributed by atoms with van der Waals surface area (Å²) in [6, 6.07) is 14.1. The van der Waals surface area contributed by atoms with Crippen molar-refractivity contribution >= 4 is 17.4 Å². The van der Waals surface area contributed by atoms with E-state index in [9.17, 15) is 14.9 Å². The third kappa shape index (κ3) is 3.46. The molecule has 10 heteroatoms. The molecule has 28 heavy (non-hydrogen) atoms. The molecule has 1 aromatic carbocycles. The Hall–Kier alpha value is -4.34. The van der Waals surface area contributed by atoms with Gasteiger partial charge in [-0.2, -0.15) is 0 Å². The summed E-state index contributed by atoms with van der Waals surface area (Å²) < 4.78 is 10.8. The van der Waals surface area contributed by atoms with Gasteiger partial charge in [0.15, 0.2) is 5.76 Å². The number of amides is 1. The van der Waals surface area contributed by atoms with E-state index in [0.29, 0.717) is 17.0 Å². The molecule has 0 saturated heterocycles. The number of hydrogen-bond acceptors (Lipinski definition) is 8. The van der Waals surface area contributed by atoms with Crippen LogP contribution in [0.2, 0.25) is 0 Å². The van der Waals surface area contributed by atoms with Gasteiger partial charge < -0.3 is 24.3 Å². The fraction of sp³-hybridized carbons (Fsp3) is 0. The number of carbonyl (C=O) groups is 1. The smallest absolute Gasteiger partial charge is 0.364 e. The number of nitrogens with zero attached hydrogens (tertiary/aromatic N) is 4. The summed E-state index contributed by atoms with van der Waals surface area (Å²) in [5.41, 5.74) is 0.946. The van der Waals surface area contributed by atoms with Gasteiger partial charge >= 0.3 is 5.82 Å². The largest absolute Gasteiger partial charge is 0.459 e. The topological polar surface area (TPSA) is 137 Å². The molecule has 0 aliphatic heterocycles. The van der Waals surface area contributed by atoms with E-state index in [2.05, 4.69) is 20.5 Å². The summed E-state index contributed by atoms with van der Waals surface area (Å²) in [6.07, 6.45) is 1.50. The van der Waals surface area contributed by atoms with Crippen molar-refractivity contribution < 1.29 is 18.6 Å². The number of hydrogen-bond donors (Lipinski definition) is 1. The van der Waals surface area contributed by atoms with Gasteiger partial charge in [0, 0.05) is 17.3 Å². The monoisotopic (exact) mass is 377 g/mol. The van der Waals surface area contributed by atoms with E-state index in [-0.39, 0.29) is 17.5 Å². The first-order valence-electron chi connectivity index (χ1n) is 8.01. The second kappa shape index (κ2) is 7.11. The van der Waals surface area contributed by atoms with Crippen molar-refractivity contribution in [2.75, 3.05) is 5.32 Å². The van der Waals surface area contributed by atoms with Crippen molar-refractivity contribution in [3.05, 3.63) is 76.7 Å². The maximum Gasteiger partial charge on any atom is 0.364 e. The zero-order chi connectivity index (χ0) is 19.5. The molecule has 1 amide bonds. The van der Waals surface area contributed by atoms with Crippen LogP contribution in [0.15, 0.2) is 69.7 Å². The molecule has 0 bridgehead atoms. The summed E-state index contributed by atoms with van der Waals surface area (Å²) in [5.74, 6) is -0.0634. The molecule has 1 N–H and O–H groups in total. The Morgan fingerprint density at radius 3 is 2.64 bits per heavy atom. The van der Waals surface area contributed by atoms with Crippen molar-refractivity contribution in [1.82, 2.24) is 15.2 Å². The number of rotatable bonds is 5. The molecule has 10 nitrogen and oxygen atoms in total. The fourth-order valence-corrected chi connectivity index (χ4v) is 2.42. The molecule has 4 rings (SSSR count). The highest BCUT2D eigenvalue weighted by molar-refractivity contribution is 6.03. The van der Waals surface area contributed by atoms with Crippen LogP contribution in [0.1, 0.15) is 10.5 Å². The van der Waals surface area contributed by atoms with Crippen LogP contribution in [0.25, 0.3) is 23.1 Å². The minimum atomic E-state index is -0.663. The molecule has 0 aliphatic carbocycles. The first-order chi connectivity index (χ1) is 13.6. The van der Waals surface area contributed by atoms with Crippen LogP contribution in [-0.2, 0) is 0 Å². The van der Waals surface area contributed by atoms with Gasteiger partial charge in [-0.15, -0.1) is 10.2 Å². The van der Waals surface area contributed by atoms with Crippen molar-refractivity contribution in [1.29, 1.82) is 0 Å². The quantitative estimate of drug-likeness (QED) is 0.412. The Morgan fingerprint density at radius 1 is 1.04 bits per heavy atom. The average molecular weight is 377 g/mol. The molecule has 138 valence electrons. The van der Waals surface area contributed by atoms with Crippen molar-refractivity contribution in [2.24, 2.45) is 0 Å². The standard InChI is InChI=1S/C18H11N5O5/c24-16(13-6-2-8-15(20-13)23(25)26)19-12-5-1-4-11(10-12)17-21-22-18(28-17)14-7-3-9-27-14/h1-10H,(H,19,24). The maximum absolute atomic E-state index is 12.3. The summed E-state index contributed by atoms with van der Waals surface area (Å²) in [7, 11) is 0. The van der Waals surface area contributed by atoms with Crippen LogP contribution in [0.5, 0.6) is 0 Å². The van der Waals surface area contributed by atoms with Crippen LogP contribution in [0.4, 0.5) is 11.5 Å². The van der Waals surface area contributed by atoms with Gasteiger partial charge in [-0.1, -0.05) is 6.07 Å². The summed E-state index contributed by atoms with van der Waals surface area (Å²) in [4.78, 5) is 26.2. The molecule has 0 atom stereocenters. The second-order valence-electron chi connectivity index (χ2n) is 5.56. The lowest BCUT2D eigenvalue weighted by Crippen LogP contribution is -2.14. The number of nitro groups is 1. The average Bonchev–Trinajstić information content (AvgIpc) is 3.40. The normalized spacial score (nSPS) is 10.6. The van der Waals surface area contributed by atoms with Crippen LogP contribution >= 0.6 is 0 Å². The van der Waals surface area contributed by atoms with E-state index in [1.807, 2.05) is 0 Å². The highest BCUT2D eigenvalue weighted by Gasteiger charge is 2.17. The van der Waals surface area contributed by atoms with Crippen LogP contribution in [-0.4, -0.2) is 26.0 Å². The lowest BCUT2D eigenvalue weighted by molar-refractivity contribution is -0.389. The molecule has 3 heterocycles. The van der Waals surface area contributed by atoms with Crippen molar-refractivity contribution in [3.63, 3.8) is 0 Å². The number of nitrogens with one attached hydrogen (secondary N) is 1. The molecule has 4 aromatic rings. The van der Waals surface area contributed by atoms with Crippen LogP contribution in [0.3, 0.4) is 0 Å². The van der Waals surface area contributed by atoms with Crippen LogP contribution in [0, 0.1) is 10.1 Å². The predicted octanol–water partition coefficient (Wildman–Crippen LogP) is 3.55. The molecule has 0 fully saturated rings. The number of benzene rings is 1. The first-order valence-corrected chi connectivity index (χ1v) is 8.01. The number of pyridine rings is 1. The van der Waals surface area contributed by atoms with E-state index < -0.39 is 16.6 Å². The first kappa shape index (κ1) is 17.1. The molecule has 0 spiro atoms. The molecular weight excluding hydrogens is 366 g/mol. The predicted molar refractivity (Wildman–Crippen MR) is 96.3 cm³/mol. The Kier molecular flexibility index (Phi) is 4.34. The Bertz CT molecular complexity index is 1150. The lowest BCUT2D eigenvalue weighted by atomic mass is 10.2. The highest BCUT2D eigenvalue weighted by atomic mass is 16.6. The zero-order valence-corrected chi connectivity index (χ0v) is 14.1. The third-order valence-electron chi connectivity index (χ3n) is 3.68. The van der Waals surface area contributed by atoms with Gasteiger partial charge in [-0.05, 0) is 52.4 Å². The number of carbonyl (C=O) groups excluding carboxylic acids is 1. The Morgan fingerprint density at radius 2 is 1.86 bits per heavy atom. The molecular formula is C18H11N5O5. The minimum Gasteiger partial charge on any atom is -0.459 e. The van der Waals surface area contributed by atoms with E-state index in [0.717, 1.165) is 0 Å². The molecule has 3 aromatic heterocycles. The number of anilines is 1. The second-order valence-corrected chi connectivity index (χ2v) is 5.56. The SMILES string of the molecule is O=C(Nc1cccc(-c2nnc(-c3ccco3)o2)c1)c1cccc([N+](=O)[O-])n1. The molecule has 0 unspecified atom stereocenters. The molecule has 0 saturated carbocycles. The van der Waals surface area contributed by atoms with Gasteiger partial charge in [-0.3, -0.25) is 4.79 Å². The number of furan rings is 1. The molecule has 0 aliphatic rings. The zero-order valence-electron chi connectivity index (χ0n) is 14.1. The lowest BCUT2D eigenvalue weighted by Gasteiger charge is -2.04. The van der Waals surface area contributed by atoms with Crippen LogP contribution < -0.4 is 5.32 Å². The van der Waals surface area contributed by atoms with Crippen molar-refractivity contribution in [3.8, 4) is 23.1 Å². The maximum atomic E-state index is 12.3. The van der Waals surface area contributed by atoms with Gasteiger partial charge in [-0.25, -0.2) is 0 Å². The minimum absolute atomic E-state index is 0.0718. The van der Waals surface area contributed by atoms with Gasteiger partial charge in [0.05, 0.1) is 6.26 Å². The van der Waals surface area contributed by atoms with Gasteiger partial charge in [0.1, 0.15) is 0 Å². The van der Waals surface area contributed by atoms with E-state index in [1.54, 1.807) is 36.4 Å². The Balaban J connectivity index is 1.55. The highest BCUT2D eigenvalue weighted by Crippen LogP contribution is 2.26. The summed E-state index contributed by atoms with van der Waals surface area (Å²) in [6.45, 7) is 0. The van der Waals surface area contributed by atoms with Gasteiger partial charge in [0.25, 0.3) is 11.8 Å².